The van der Waals surface area contributed by atoms with Gasteiger partial charge in [-0.05, 0) is 25.1 Å². The Bertz CT molecular complexity index is 503. The first kappa shape index (κ1) is 15.4. The van der Waals surface area contributed by atoms with E-state index < -0.39 is 5.97 Å². The summed E-state index contributed by atoms with van der Waals surface area (Å²) in [7, 11) is 0. The van der Waals surface area contributed by atoms with E-state index in [4.69, 9.17) is 10.2 Å². The van der Waals surface area contributed by atoms with Crippen LogP contribution in [0.15, 0.2) is 18.3 Å². The molecule has 1 amide bonds. The second-order valence-electron chi connectivity index (χ2n) is 4.95. The van der Waals surface area contributed by atoms with Crippen LogP contribution in [0.4, 0.5) is 0 Å². The van der Waals surface area contributed by atoms with Crippen molar-refractivity contribution in [3.63, 3.8) is 0 Å². The van der Waals surface area contributed by atoms with Crippen LogP contribution in [0.1, 0.15) is 27.3 Å². The van der Waals surface area contributed by atoms with Crippen molar-refractivity contribution in [1.29, 1.82) is 0 Å². The average molecular weight is 293 g/mol. The molecule has 1 aliphatic rings. The number of nitrogens with zero attached hydrogens (tertiary/aromatic N) is 3. The number of carboxylic acid groups (broad SMARTS) is 1. The molecule has 0 atom stereocenters. The molecule has 0 aromatic carbocycles. The van der Waals surface area contributed by atoms with Crippen molar-refractivity contribution in [1.82, 2.24) is 14.8 Å². The van der Waals surface area contributed by atoms with E-state index in [9.17, 15) is 9.59 Å². The monoisotopic (exact) mass is 293 g/mol. The van der Waals surface area contributed by atoms with Crippen LogP contribution in [0.25, 0.3) is 0 Å². The number of aromatic nitrogens is 1. The smallest absolute Gasteiger partial charge is 0.354 e. The van der Waals surface area contributed by atoms with Crippen molar-refractivity contribution >= 4 is 11.9 Å². The predicted octanol–water partition coefficient (Wildman–Crippen LogP) is -0.0800. The van der Waals surface area contributed by atoms with Gasteiger partial charge in [-0.15, -0.1) is 0 Å². The fourth-order valence-corrected chi connectivity index (χ4v) is 2.37. The predicted molar refractivity (Wildman–Crippen MR) is 75.2 cm³/mol. The normalized spacial score (nSPS) is 16.5. The fourth-order valence-electron chi connectivity index (χ4n) is 2.37. The molecule has 0 spiro atoms. The van der Waals surface area contributed by atoms with Gasteiger partial charge in [0.2, 0.25) is 0 Å². The molecule has 2 heterocycles. The molecular weight excluding hydrogens is 274 g/mol. The molecule has 0 bridgehead atoms. The van der Waals surface area contributed by atoms with Crippen LogP contribution < -0.4 is 0 Å². The third-order valence-corrected chi connectivity index (χ3v) is 3.52. The molecule has 114 valence electrons. The number of aliphatic hydroxyl groups is 1. The molecule has 1 aliphatic heterocycles. The molecule has 2 rings (SSSR count). The first-order valence-corrected chi connectivity index (χ1v) is 6.93. The van der Waals surface area contributed by atoms with Gasteiger partial charge in [0.05, 0.1) is 12.2 Å². The number of carbonyl (C=O) groups excluding carboxylic acids is 1. The quantitative estimate of drug-likeness (QED) is 0.806. The summed E-state index contributed by atoms with van der Waals surface area (Å²) in [5.41, 5.74) is 0.326. The second kappa shape index (κ2) is 7.14. The highest BCUT2D eigenvalue weighted by Gasteiger charge is 2.20. The van der Waals surface area contributed by atoms with Gasteiger partial charge in [-0.25, -0.2) is 9.78 Å². The van der Waals surface area contributed by atoms with Crippen molar-refractivity contribution < 1.29 is 19.8 Å². The lowest BCUT2D eigenvalue weighted by Gasteiger charge is -2.21. The maximum absolute atomic E-state index is 12.4. The van der Waals surface area contributed by atoms with Gasteiger partial charge in [0, 0.05) is 32.4 Å². The number of aliphatic hydroxyl groups excluding tert-OH is 1. The fraction of sp³-hybridized carbons (Fsp3) is 0.500. The highest BCUT2D eigenvalue weighted by atomic mass is 16.4. The Balaban J connectivity index is 2.00. The van der Waals surface area contributed by atoms with E-state index in [-0.39, 0.29) is 18.2 Å². The molecular formula is C14H19N3O4. The van der Waals surface area contributed by atoms with Crippen molar-refractivity contribution in [3.8, 4) is 0 Å². The highest BCUT2D eigenvalue weighted by Crippen LogP contribution is 2.09. The standard InChI is InChI=1S/C14H19N3O4/c18-9-8-16-4-1-5-17(7-6-16)13(19)11-2-3-12(14(20)21)15-10-11/h2-3,10,18H,1,4-9H2,(H,20,21). The maximum atomic E-state index is 12.4. The number of hydrogen-bond acceptors (Lipinski definition) is 5. The zero-order valence-corrected chi connectivity index (χ0v) is 11.7. The van der Waals surface area contributed by atoms with Crippen LogP contribution in [-0.4, -0.2) is 76.2 Å². The molecule has 7 heteroatoms. The summed E-state index contributed by atoms with van der Waals surface area (Å²) in [6.07, 6.45) is 2.16. The number of carboxylic acids is 1. The SMILES string of the molecule is O=C(O)c1ccc(C(=O)N2CCCN(CCO)CC2)cn1. The van der Waals surface area contributed by atoms with Gasteiger partial charge in [0.15, 0.2) is 0 Å². The van der Waals surface area contributed by atoms with Gasteiger partial charge in [-0.2, -0.15) is 0 Å². The van der Waals surface area contributed by atoms with E-state index in [0.29, 0.717) is 25.2 Å². The van der Waals surface area contributed by atoms with E-state index >= 15 is 0 Å². The van der Waals surface area contributed by atoms with E-state index in [1.807, 2.05) is 0 Å². The Labute approximate surface area is 122 Å². The van der Waals surface area contributed by atoms with Gasteiger partial charge in [0.1, 0.15) is 5.69 Å². The van der Waals surface area contributed by atoms with E-state index in [1.165, 1.54) is 18.3 Å². The molecule has 7 nitrogen and oxygen atoms in total. The van der Waals surface area contributed by atoms with E-state index in [2.05, 4.69) is 9.88 Å². The Hall–Kier alpha value is -1.99. The summed E-state index contributed by atoms with van der Waals surface area (Å²) in [6.45, 7) is 3.58. The molecule has 2 N–H and O–H groups in total. The minimum atomic E-state index is -1.11. The first-order chi connectivity index (χ1) is 10.1. The van der Waals surface area contributed by atoms with Crippen LogP contribution >= 0.6 is 0 Å². The van der Waals surface area contributed by atoms with Crippen molar-refractivity contribution in [3.05, 3.63) is 29.6 Å². The topological polar surface area (TPSA) is 94.0 Å². The minimum absolute atomic E-state index is 0.0727. The van der Waals surface area contributed by atoms with Crippen LogP contribution in [0.5, 0.6) is 0 Å². The lowest BCUT2D eigenvalue weighted by atomic mass is 10.2. The Morgan fingerprint density at radius 1 is 1.19 bits per heavy atom. The summed E-state index contributed by atoms with van der Waals surface area (Å²) in [5.74, 6) is -1.24. The largest absolute Gasteiger partial charge is 0.477 e. The third-order valence-electron chi connectivity index (χ3n) is 3.52. The lowest BCUT2D eigenvalue weighted by Crippen LogP contribution is -2.36. The second-order valence-corrected chi connectivity index (χ2v) is 4.95. The van der Waals surface area contributed by atoms with E-state index in [1.54, 1.807) is 4.90 Å². The van der Waals surface area contributed by atoms with Gasteiger partial charge in [-0.3, -0.25) is 9.69 Å². The van der Waals surface area contributed by atoms with Crippen LogP contribution in [0.2, 0.25) is 0 Å². The number of aromatic carboxylic acids is 1. The van der Waals surface area contributed by atoms with Crippen molar-refractivity contribution in [2.75, 3.05) is 39.3 Å². The Kier molecular flexibility index (Phi) is 5.24. The van der Waals surface area contributed by atoms with Gasteiger partial charge in [0.25, 0.3) is 5.91 Å². The Morgan fingerprint density at radius 3 is 2.62 bits per heavy atom. The Morgan fingerprint density at radius 2 is 2.00 bits per heavy atom. The van der Waals surface area contributed by atoms with Gasteiger partial charge < -0.3 is 15.1 Å². The molecule has 1 aromatic heterocycles. The average Bonchev–Trinajstić information content (AvgIpc) is 2.73. The summed E-state index contributed by atoms with van der Waals surface area (Å²) in [4.78, 5) is 30.8. The van der Waals surface area contributed by atoms with Crippen LogP contribution in [0.3, 0.4) is 0 Å². The zero-order chi connectivity index (χ0) is 15.2. The zero-order valence-electron chi connectivity index (χ0n) is 11.7. The molecule has 1 aromatic rings. The number of β-amino-alcohol motifs (C(OH)–C–C–N with tert-alkyl or cyclic N) is 1. The summed E-state index contributed by atoms with van der Waals surface area (Å²) >= 11 is 0. The number of pyridine rings is 1. The van der Waals surface area contributed by atoms with Crippen LogP contribution in [0, 0.1) is 0 Å². The molecule has 21 heavy (non-hydrogen) atoms. The molecule has 1 fully saturated rings. The van der Waals surface area contributed by atoms with Crippen molar-refractivity contribution in [2.24, 2.45) is 0 Å². The molecule has 0 aliphatic carbocycles. The molecule has 1 saturated heterocycles. The lowest BCUT2D eigenvalue weighted by molar-refractivity contribution is 0.0687. The van der Waals surface area contributed by atoms with Gasteiger partial charge >= 0.3 is 5.97 Å². The highest BCUT2D eigenvalue weighted by molar-refractivity contribution is 5.94. The van der Waals surface area contributed by atoms with Crippen LogP contribution in [-0.2, 0) is 0 Å². The summed E-state index contributed by atoms with van der Waals surface area (Å²) in [5, 5.41) is 17.8. The molecule has 0 unspecified atom stereocenters. The molecule has 0 radical (unpaired) electrons. The van der Waals surface area contributed by atoms with Crippen molar-refractivity contribution in [2.45, 2.75) is 6.42 Å². The summed E-state index contributed by atoms with van der Waals surface area (Å²) < 4.78 is 0. The molecule has 0 saturated carbocycles. The first-order valence-electron chi connectivity index (χ1n) is 6.93. The third kappa shape index (κ3) is 3.99. The minimum Gasteiger partial charge on any atom is -0.477 e. The number of hydrogen-bond donors (Lipinski definition) is 2. The van der Waals surface area contributed by atoms with Gasteiger partial charge in [-0.1, -0.05) is 0 Å². The number of amides is 1. The maximum Gasteiger partial charge on any atom is 0.354 e. The summed E-state index contributed by atoms with van der Waals surface area (Å²) in [6, 6.07) is 2.83. The number of carbonyl (C=O) groups is 2. The number of rotatable bonds is 4. The van der Waals surface area contributed by atoms with E-state index in [0.717, 1.165) is 19.5 Å².